The number of fused-ring (bicyclic) bond motifs is 3. The molecule has 3 aliphatic rings. The summed E-state index contributed by atoms with van der Waals surface area (Å²) in [6, 6.07) is 6.89. The van der Waals surface area contributed by atoms with Gasteiger partial charge in [-0.05, 0) is 49.9 Å². The van der Waals surface area contributed by atoms with Gasteiger partial charge in [0.25, 0.3) is 0 Å². The van der Waals surface area contributed by atoms with E-state index >= 15 is 0 Å². The van der Waals surface area contributed by atoms with Gasteiger partial charge in [0.2, 0.25) is 0 Å². The summed E-state index contributed by atoms with van der Waals surface area (Å²) in [4.78, 5) is 7.28. The van der Waals surface area contributed by atoms with Crippen LogP contribution in [0.1, 0.15) is 30.9 Å². The number of aromatic nitrogens is 3. The Labute approximate surface area is 168 Å². The molecule has 0 radical (unpaired) electrons. The predicted octanol–water partition coefficient (Wildman–Crippen LogP) is 3.34. The second kappa shape index (κ2) is 5.72. The number of halogens is 1. The maximum Gasteiger partial charge on any atom is 0.166 e. The Morgan fingerprint density at radius 3 is 3.10 bits per heavy atom. The number of benzene rings is 1. The average molecular weight is 391 g/mol. The minimum absolute atomic E-state index is 0.0199. The standard InChI is InChI=1S/C22H22FN5O/c1-13-12-29-19-4-3-16(23)9-18(19)22-10-15(22)5-7-27(22)20-6-8-28-21(26-20)17(11-24-28)14(2)25-13/h3-4,6,8-9,11,13,15,25H,2,5,7,10,12H2,1H3/t13-,15+,22-/m1/s1. The summed E-state index contributed by atoms with van der Waals surface area (Å²) in [6.45, 7) is 7.57. The highest BCUT2D eigenvalue weighted by molar-refractivity contribution is 5.74. The van der Waals surface area contributed by atoms with E-state index in [1.807, 2.05) is 19.2 Å². The largest absolute Gasteiger partial charge is 0.491 e. The van der Waals surface area contributed by atoms with Crippen molar-refractivity contribution in [1.82, 2.24) is 19.9 Å². The smallest absolute Gasteiger partial charge is 0.166 e. The molecule has 2 bridgehead atoms. The van der Waals surface area contributed by atoms with Crippen LogP contribution >= 0.6 is 0 Å². The average Bonchev–Trinajstić information content (AvgIpc) is 3.09. The number of hydrogen-bond acceptors (Lipinski definition) is 5. The van der Waals surface area contributed by atoms with Crippen LogP contribution in [0.15, 0.2) is 43.2 Å². The third-order valence-electron chi connectivity index (χ3n) is 6.53. The minimum atomic E-state index is -0.245. The normalized spacial score (nSPS) is 27.8. The number of anilines is 1. The summed E-state index contributed by atoms with van der Waals surface area (Å²) >= 11 is 0. The quantitative estimate of drug-likeness (QED) is 0.637. The molecule has 3 aromatic rings. The van der Waals surface area contributed by atoms with E-state index in [0.29, 0.717) is 12.5 Å². The van der Waals surface area contributed by atoms with Gasteiger partial charge in [-0.15, -0.1) is 0 Å². The number of piperidine rings is 1. The lowest BCUT2D eigenvalue weighted by Gasteiger charge is -2.31. The number of hydrogen-bond donors (Lipinski definition) is 1. The van der Waals surface area contributed by atoms with Gasteiger partial charge >= 0.3 is 0 Å². The molecular formula is C22H22FN5O. The first-order valence-corrected chi connectivity index (χ1v) is 10.1. The fourth-order valence-corrected chi connectivity index (χ4v) is 5.09. The van der Waals surface area contributed by atoms with Crippen molar-refractivity contribution in [1.29, 1.82) is 0 Å². The van der Waals surface area contributed by atoms with Crippen molar-refractivity contribution in [3.05, 3.63) is 60.2 Å². The SMILES string of the molecule is C=C1N[C@H](C)COc2ccc(F)cc2[C@@]23C[C@@H]2CCN3c2ccn3ncc1c3n2. The van der Waals surface area contributed by atoms with Crippen molar-refractivity contribution >= 4 is 17.2 Å². The maximum atomic E-state index is 14.3. The number of nitrogens with one attached hydrogen (secondary N) is 1. The second-order valence-electron chi connectivity index (χ2n) is 8.35. The third kappa shape index (κ3) is 2.33. The van der Waals surface area contributed by atoms with Gasteiger partial charge in [0.15, 0.2) is 5.65 Å². The van der Waals surface area contributed by atoms with Crippen molar-refractivity contribution < 1.29 is 9.13 Å². The highest BCUT2D eigenvalue weighted by Crippen LogP contribution is 2.64. The topological polar surface area (TPSA) is 54.7 Å². The first-order valence-electron chi connectivity index (χ1n) is 10.1. The molecule has 2 aliphatic heterocycles. The fourth-order valence-electron chi connectivity index (χ4n) is 5.09. The predicted molar refractivity (Wildman–Crippen MR) is 108 cm³/mol. The Hall–Kier alpha value is -3.09. The summed E-state index contributed by atoms with van der Waals surface area (Å²) in [5.74, 6) is 1.90. The van der Waals surface area contributed by atoms with Crippen molar-refractivity contribution in [3.8, 4) is 5.75 Å². The van der Waals surface area contributed by atoms with Gasteiger partial charge in [-0.25, -0.2) is 13.9 Å². The van der Waals surface area contributed by atoms with E-state index in [0.717, 1.165) is 53.4 Å². The van der Waals surface area contributed by atoms with E-state index in [1.165, 1.54) is 6.07 Å². The van der Waals surface area contributed by atoms with Gasteiger partial charge in [0.1, 0.15) is 24.0 Å². The molecule has 0 unspecified atom stereocenters. The van der Waals surface area contributed by atoms with Crippen LogP contribution in [0, 0.1) is 11.7 Å². The van der Waals surface area contributed by atoms with E-state index in [4.69, 9.17) is 9.72 Å². The van der Waals surface area contributed by atoms with Gasteiger partial charge in [-0.1, -0.05) is 6.58 Å². The number of rotatable bonds is 0. The summed E-state index contributed by atoms with van der Waals surface area (Å²) in [7, 11) is 0. The van der Waals surface area contributed by atoms with Gasteiger partial charge in [0.05, 0.1) is 23.3 Å². The van der Waals surface area contributed by atoms with E-state index in [1.54, 1.807) is 22.8 Å². The van der Waals surface area contributed by atoms with Crippen LogP contribution in [-0.2, 0) is 5.54 Å². The van der Waals surface area contributed by atoms with Crippen LogP contribution in [0.3, 0.4) is 0 Å². The molecule has 29 heavy (non-hydrogen) atoms. The van der Waals surface area contributed by atoms with Crippen LogP contribution in [0.2, 0.25) is 0 Å². The molecule has 1 spiro atoms. The molecule has 1 saturated carbocycles. The Morgan fingerprint density at radius 2 is 2.24 bits per heavy atom. The van der Waals surface area contributed by atoms with Crippen LogP contribution in [0.4, 0.5) is 10.2 Å². The molecule has 148 valence electrons. The molecule has 1 aliphatic carbocycles. The van der Waals surface area contributed by atoms with Gasteiger partial charge in [0, 0.05) is 24.0 Å². The molecule has 1 saturated heterocycles. The lowest BCUT2D eigenvalue weighted by Crippen LogP contribution is -2.34. The zero-order valence-corrected chi connectivity index (χ0v) is 16.2. The lowest BCUT2D eigenvalue weighted by atomic mass is 10.0. The third-order valence-corrected chi connectivity index (χ3v) is 6.53. The summed E-state index contributed by atoms with van der Waals surface area (Å²) < 4.78 is 22.2. The zero-order chi connectivity index (χ0) is 19.8. The van der Waals surface area contributed by atoms with E-state index in [-0.39, 0.29) is 17.4 Å². The fraction of sp³-hybridized carbons (Fsp3) is 0.364. The zero-order valence-electron chi connectivity index (χ0n) is 16.2. The highest BCUT2D eigenvalue weighted by atomic mass is 19.1. The molecule has 6 rings (SSSR count). The monoisotopic (exact) mass is 391 g/mol. The van der Waals surface area contributed by atoms with Crippen molar-refractivity contribution in [3.63, 3.8) is 0 Å². The van der Waals surface area contributed by atoms with E-state index in [9.17, 15) is 4.39 Å². The maximum absolute atomic E-state index is 14.3. The first-order chi connectivity index (χ1) is 14.1. The van der Waals surface area contributed by atoms with Crippen LogP contribution < -0.4 is 15.0 Å². The summed E-state index contributed by atoms with van der Waals surface area (Å²) in [5, 5.41) is 7.81. The van der Waals surface area contributed by atoms with Crippen molar-refractivity contribution in [2.75, 3.05) is 18.1 Å². The molecule has 3 atom stereocenters. The van der Waals surface area contributed by atoms with Crippen molar-refractivity contribution in [2.45, 2.75) is 31.3 Å². The molecule has 1 N–H and O–H groups in total. The summed E-state index contributed by atoms with van der Waals surface area (Å²) in [6.07, 6.45) is 5.79. The molecule has 0 amide bonds. The molecule has 1 aromatic carbocycles. The van der Waals surface area contributed by atoms with Crippen LogP contribution in [0.25, 0.3) is 11.3 Å². The highest BCUT2D eigenvalue weighted by Gasteiger charge is 2.64. The van der Waals surface area contributed by atoms with Crippen LogP contribution in [-0.4, -0.2) is 33.8 Å². The Balaban J connectivity index is 1.57. The number of ether oxygens (including phenoxy) is 1. The summed E-state index contributed by atoms with van der Waals surface area (Å²) in [5.41, 5.74) is 3.10. The van der Waals surface area contributed by atoms with Crippen LogP contribution in [0.5, 0.6) is 5.75 Å². The minimum Gasteiger partial charge on any atom is -0.491 e. The second-order valence-corrected chi connectivity index (χ2v) is 8.35. The van der Waals surface area contributed by atoms with E-state index < -0.39 is 0 Å². The Morgan fingerprint density at radius 1 is 1.34 bits per heavy atom. The molecular weight excluding hydrogens is 369 g/mol. The Bertz CT molecular complexity index is 1160. The molecule has 2 fully saturated rings. The number of nitrogens with zero attached hydrogens (tertiary/aromatic N) is 4. The van der Waals surface area contributed by atoms with Gasteiger partial charge < -0.3 is 15.0 Å². The van der Waals surface area contributed by atoms with Crippen molar-refractivity contribution in [2.24, 2.45) is 5.92 Å². The molecule has 2 aromatic heterocycles. The molecule has 6 nitrogen and oxygen atoms in total. The van der Waals surface area contributed by atoms with E-state index in [2.05, 4.69) is 21.9 Å². The lowest BCUT2D eigenvalue weighted by molar-refractivity contribution is 0.279. The molecule has 4 heterocycles. The van der Waals surface area contributed by atoms with Gasteiger partial charge in [-0.3, -0.25) is 0 Å². The first kappa shape index (κ1) is 16.8. The van der Waals surface area contributed by atoms with Gasteiger partial charge in [-0.2, -0.15) is 5.10 Å². The molecule has 7 heteroatoms. The Kier molecular flexibility index (Phi) is 3.32.